The van der Waals surface area contributed by atoms with Gasteiger partial charge in [0.05, 0.1) is 22.7 Å². The number of sulfonamides is 1. The lowest BCUT2D eigenvalue weighted by Crippen LogP contribution is -2.35. The number of nitrogens with zero attached hydrogens (tertiary/aromatic N) is 2. The number of aromatic carboxylic acids is 1. The molecule has 4 rings (SSSR count). The van der Waals surface area contributed by atoms with Crippen molar-refractivity contribution in [3.8, 4) is 0 Å². The van der Waals surface area contributed by atoms with Crippen molar-refractivity contribution in [2.45, 2.75) is 17.9 Å². The molecule has 3 aromatic rings. The Balaban J connectivity index is 1.50. The first-order chi connectivity index (χ1) is 14.3. The number of hydrogen-bond acceptors (Lipinski definition) is 6. The summed E-state index contributed by atoms with van der Waals surface area (Å²) in [4.78, 5) is 30.5. The van der Waals surface area contributed by atoms with E-state index in [-0.39, 0.29) is 21.5 Å². The molecule has 2 N–H and O–H groups in total. The number of nitrogens with one attached hydrogen (secondary N) is 1. The number of carboxylic acid groups (broad SMARTS) is 1. The van der Waals surface area contributed by atoms with Gasteiger partial charge in [-0.2, -0.15) is 0 Å². The van der Waals surface area contributed by atoms with Crippen LogP contribution in [0.1, 0.15) is 31.3 Å². The maximum Gasteiger partial charge on any atom is 0.335 e. The van der Waals surface area contributed by atoms with E-state index in [0.717, 1.165) is 10.6 Å². The van der Waals surface area contributed by atoms with Crippen LogP contribution in [0.15, 0.2) is 59.5 Å². The van der Waals surface area contributed by atoms with Gasteiger partial charge in [0.25, 0.3) is 15.9 Å². The topological polar surface area (TPSA) is 117 Å². The number of carboxylic acids is 1. The second-order valence-electron chi connectivity index (χ2n) is 6.67. The van der Waals surface area contributed by atoms with E-state index in [0.29, 0.717) is 25.1 Å². The number of carbonyl (C=O) groups is 2. The van der Waals surface area contributed by atoms with Crippen LogP contribution in [0.3, 0.4) is 0 Å². The number of aromatic nitrogens is 1. The zero-order valence-corrected chi connectivity index (χ0v) is 17.2. The van der Waals surface area contributed by atoms with Crippen LogP contribution < -0.4 is 4.72 Å². The average molecular weight is 444 g/mol. The highest BCUT2D eigenvalue weighted by Crippen LogP contribution is 2.30. The van der Waals surface area contributed by atoms with Crippen LogP contribution in [-0.2, 0) is 23.0 Å². The Morgan fingerprint density at radius 2 is 1.73 bits per heavy atom. The highest BCUT2D eigenvalue weighted by atomic mass is 32.2. The Kier molecular flexibility index (Phi) is 5.27. The second-order valence-corrected chi connectivity index (χ2v) is 9.43. The molecular weight excluding hydrogens is 426 g/mol. The highest BCUT2D eigenvalue weighted by molar-refractivity contribution is 7.93. The van der Waals surface area contributed by atoms with E-state index in [1.165, 1.54) is 35.6 Å². The summed E-state index contributed by atoms with van der Waals surface area (Å²) in [6.07, 6.45) is 0.541. The number of thiazole rings is 1. The molecule has 2 heterocycles. The average Bonchev–Trinajstić information content (AvgIpc) is 3.14. The normalized spacial score (nSPS) is 13.5. The summed E-state index contributed by atoms with van der Waals surface area (Å²) in [7, 11) is -3.90. The number of anilines is 1. The zero-order chi connectivity index (χ0) is 21.3. The van der Waals surface area contributed by atoms with E-state index >= 15 is 0 Å². The van der Waals surface area contributed by atoms with Gasteiger partial charge in [-0.3, -0.25) is 9.52 Å². The molecule has 30 heavy (non-hydrogen) atoms. The van der Waals surface area contributed by atoms with Gasteiger partial charge in [-0.25, -0.2) is 18.2 Å². The van der Waals surface area contributed by atoms with E-state index in [1.807, 2.05) is 18.2 Å². The summed E-state index contributed by atoms with van der Waals surface area (Å²) >= 11 is 1.19. The van der Waals surface area contributed by atoms with Gasteiger partial charge in [-0.1, -0.05) is 29.5 Å². The maximum absolute atomic E-state index is 12.7. The van der Waals surface area contributed by atoms with Gasteiger partial charge in [0.15, 0.2) is 5.13 Å². The Bertz CT molecular complexity index is 1200. The van der Waals surface area contributed by atoms with Crippen molar-refractivity contribution in [2.24, 2.45) is 0 Å². The lowest BCUT2D eigenvalue weighted by molar-refractivity contribution is 0.0695. The summed E-state index contributed by atoms with van der Waals surface area (Å²) < 4.78 is 27.6. The second kappa shape index (κ2) is 7.88. The minimum absolute atomic E-state index is 0.00170. The number of amides is 1. The third-order valence-electron chi connectivity index (χ3n) is 4.67. The van der Waals surface area contributed by atoms with Crippen LogP contribution in [0.2, 0.25) is 0 Å². The Hall–Kier alpha value is -3.24. The molecule has 1 aliphatic rings. The summed E-state index contributed by atoms with van der Waals surface area (Å²) in [5.41, 5.74) is 1.38. The molecule has 0 spiro atoms. The minimum Gasteiger partial charge on any atom is -0.478 e. The summed E-state index contributed by atoms with van der Waals surface area (Å²) in [5.74, 6) is -1.20. The molecule has 1 aromatic heterocycles. The van der Waals surface area contributed by atoms with Gasteiger partial charge in [0, 0.05) is 23.4 Å². The van der Waals surface area contributed by atoms with Gasteiger partial charge in [0.2, 0.25) is 0 Å². The molecule has 0 atom stereocenters. The molecule has 0 radical (unpaired) electrons. The van der Waals surface area contributed by atoms with Gasteiger partial charge in [-0.15, -0.1) is 0 Å². The molecule has 10 heteroatoms. The first-order valence-electron chi connectivity index (χ1n) is 9.02. The number of hydrogen-bond donors (Lipinski definition) is 2. The largest absolute Gasteiger partial charge is 0.478 e. The molecule has 154 valence electrons. The zero-order valence-electron chi connectivity index (χ0n) is 15.6. The van der Waals surface area contributed by atoms with Crippen LogP contribution in [0, 0.1) is 0 Å². The van der Waals surface area contributed by atoms with Gasteiger partial charge in [0.1, 0.15) is 0 Å². The molecule has 0 saturated heterocycles. The minimum atomic E-state index is -3.90. The Morgan fingerprint density at radius 1 is 1.03 bits per heavy atom. The van der Waals surface area contributed by atoms with Crippen LogP contribution >= 0.6 is 11.3 Å². The third kappa shape index (κ3) is 4.05. The fraction of sp³-hybridized carbons (Fsp3) is 0.150. The van der Waals surface area contributed by atoms with Crippen molar-refractivity contribution in [1.82, 2.24) is 9.88 Å². The molecule has 0 unspecified atom stereocenters. The van der Waals surface area contributed by atoms with E-state index in [4.69, 9.17) is 5.11 Å². The molecule has 0 bridgehead atoms. The van der Waals surface area contributed by atoms with Crippen molar-refractivity contribution in [1.29, 1.82) is 0 Å². The molecule has 0 aliphatic carbocycles. The lowest BCUT2D eigenvalue weighted by Gasteiger charge is -2.26. The SMILES string of the molecule is O=C(O)c1ccc(S(=O)(=O)Nc2nc3c(s2)CN(C(=O)c2ccccc2)CC3)cc1. The molecule has 2 aromatic carbocycles. The lowest BCUT2D eigenvalue weighted by atomic mass is 10.1. The van der Waals surface area contributed by atoms with E-state index in [2.05, 4.69) is 9.71 Å². The van der Waals surface area contributed by atoms with Crippen molar-refractivity contribution in [2.75, 3.05) is 11.3 Å². The number of benzene rings is 2. The maximum atomic E-state index is 12.7. The quantitative estimate of drug-likeness (QED) is 0.626. The van der Waals surface area contributed by atoms with Crippen LogP contribution in [-0.4, -0.2) is 41.8 Å². The first kappa shape index (κ1) is 20.0. The molecule has 1 amide bonds. The van der Waals surface area contributed by atoms with Gasteiger partial charge < -0.3 is 10.0 Å². The summed E-state index contributed by atoms with van der Waals surface area (Å²) in [6, 6.07) is 13.9. The fourth-order valence-electron chi connectivity index (χ4n) is 3.13. The fourth-order valence-corrected chi connectivity index (χ4v) is 5.39. The van der Waals surface area contributed by atoms with Gasteiger partial charge in [-0.05, 0) is 36.4 Å². The standard InChI is InChI=1S/C20H17N3O5S2/c24-18(13-4-2-1-3-5-13)23-11-10-16-17(12-23)29-20(21-16)22-30(27,28)15-8-6-14(7-9-15)19(25)26/h1-9H,10-12H2,(H,21,22)(H,25,26). The number of rotatable bonds is 5. The van der Waals surface area contributed by atoms with Crippen LogP contribution in [0.4, 0.5) is 5.13 Å². The van der Waals surface area contributed by atoms with Crippen molar-refractivity contribution < 1.29 is 23.1 Å². The molecule has 0 fully saturated rings. The molecule has 8 nitrogen and oxygen atoms in total. The van der Waals surface area contributed by atoms with Crippen molar-refractivity contribution >= 4 is 38.4 Å². The first-order valence-corrected chi connectivity index (χ1v) is 11.3. The third-order valence-corrected chi connectivity index (χ3v) is 7.15. The molecular formula is C20H17N3O5S2. The summed E-state index contributed by atoms with van der Waals surface area (Å²) in [5, 5.41) is 9.16. The molecule has 1 aliphatic heterocycles. The van der Waals surface area contributed by atoms with Crippen molar-refractivity contribution in [3.05, 3.63) is 76.3 Å². The van der Waals surface area contributed by atoms with E-state index in [9.17, 15) is 18.0 Å². The van der Waals surface area contributed by atoms with Crippen LogP contribution in [0.25, 0.3) is 0 Å². The monoisotopic (exact) mass is 443 g/mol. The highest BCUT2D eigenvalue weighted by Gasteiger charge is 2.26. The smallest absolute Gasteiger partial charge is 0.335 e. The summed E-state index contributed by atoms with van der Waals surface area (Å²) in [6.45, 7) is 0.878. The molecule has 0 saturated carbocycles. The Morgan fingerprint density at radius 3 is 2.40 bits per heavy atom. The predicted octanol–water partition coefficient (Wildman–Crippen LogP) is 2.84. The Labute approximate surface area is 176 Å². The number of fused-ring (bicyclic) bond motifs is 1. The predicted molar refractivity (Wildman–Crippen MR) is 111 cm³/mol. The van der Waals surface area contributed by atoms with E-state index < -0.39 is 16.0 Å². The van der Waals surface area contributed by atoms with Crippen molar-refractivity contribution in [3.63, 3.8) is 0 Å². The van der Waals surface area contributed by atoms with Crippen LogP contribution in [0.5, 0.6) is 0 Å². The van der Waals surface area contributed by atoms with Gasteiger partial charge >= 0.3 is 5.97 Å². The number of carbonyl (C=O) groups excluding carboxylic acids is 1. The van der Waals surface area contributed by atoms with E-state index in [1.54, 1.807) is 17.0 Å².